The van der Waals surface area contributed by atoms with Gasteiger partial charge >= 0.3 is 0 Å². The van der Waals surface area contributed by atoms with E-state index < -0.39 is 0 Å². The summed E-state index contributed by atoms with van der Waals surface area (Å²) in [6.45, 7) is 9.26. The van der Waals surface area contributed by atoms with Crippen molar-refractivity contribution in [3.63, 3.8) is 0 Å². The van der Waals surface area contributed by atoms with Gasteiger partial charge in [-0.25, -0.2) is 0 Å². The minimum atomic E-state index is 0.352. The minimum Gasteiger partial charge on any atom is -0.380 e. The lowest BCUT2D eigenvalue weighted by molar-refractivity contribution is 0.0169. The quantitative estimate of drug-likeness (QED) is 0.668. The zero-order chi connectivity index (χ0) is 9.84. The van der Waals surface area contributed by atoms with Crippen molar-refractivity contribution < 1.29 is 4.74 Å². The molecule has 0 bridgehead atoms. The molecule has 1 rings (SSSR count). The van der Waals surface area contributed by atoms with Crippen molar-refractivity contribution in [2.45, 2.75) is 45.8 Å². The lowest BCUT2D eigenvalue weighted by Crippen LogP contribution is -2.46. The number of hydrogen-bond donors (Lipinski definition) is 0. The van der Waals surface area contributed by atoms with Crippen LogP contribution in [0, 0.1) is 5.92 Å². The van der Waals surface area contributed by atoms with Crippen LogP contribution < -0.4 is 0 Å². The van der Waals surface area contributed by atoms with Crippen molar-refractivity contribution in [3.05, 3.63) is 0 Å². The molecule has 1 saturated heterocycles. The normalized spacial score (nSPS) is 30.0. The fourth-order valence-corrected chi connectivity index (χ4v) is 2.09. The standard InChI is InChI=1S/C11H23NO/c1-9-6-5-7-12(8-9)10(2)11(3)13-4/h9-11H,5-8H2,1-4H3. The van der Waals surface area contributed by atoms with Gasteiger partial charge in [0.1, 0.15) is 0 Å². The number of ether oxygens (including phenoxy) is 1. The first-order valence-corrected chi connectivity index (χ1v) is 5.42. The molecule has 0 saturated carbocycles. The number of rotatable bonds is 3. The maximum atomic E-state index is 5.36. The van der Waals surface area contributed by atoms with E-state index in [0.717, 1.165) is 5.92 Å². The van der Waals surface area contributed by atoms with Gasteiger partial charge in [0.15, 0.2) is 0 Å². The van der Waals surface area contributed by atoms with Crippen LogP contribution in [-0.4, -0.2) is 37.2 Å². The van der Waals surface area contributed by atoms with E-state index in [0.29, 0.717) is 12.1 Å². The molecule has 0 aromatic heterocycles. The summed E-state index contributed by atoms with van der Waals surface area (Å²) >= 11 is 0. The third-order valence-electron chi connectivity index (χ3n) is 3.32. The maximum absolute atomic E-state index is 5.36. The maximum Gasteiger partial charge on any atom is 0.0695 e. The van der Waals surface area contributed by atoms with Crippen LogP contribution in [0.2, 0.25) is 0 Å². The highest BCUT2D eigenvalue weighted by Gasteiger charge is 2.24. The van der Waals surface area contributed by atoms with Gasteiger partial charge in [-0.05, 0) is 39.2 Å². The van der Waals surface area contributed by atoms with Crippen LogP contribution >= 0.6 is 0 Å². The molecule has 0 aromatic carbocycles. The summed E-state index contributed by atoms with van der Waals surface area (Å²) in [4.78, 5) is 2.56. The second-order valence-corrected chi connectivity index (χ2v) is 4.42. The van der Waals surface area contributed by atoms with Crippen molar-refractivity contribution in [1.29, 1.82) is 0 Å². The fraction of sp³-hybridized carbons (Fsp3) is 1.00. The van der Waals surface area contributed by atoms with Crippen LogP contribution in [0.4, 0.5) is 0 Å². The van der Waals surface area contributed by atoms with Crippen molar-refractivity contribution in [2.24, 2.45) is 5.92 Å². The first-order chi connectivity index (χ1) is 6.15. The van der Waals surface area contributed by atoms with Gasteiger partial charge in [-0.3, -0.25) is 4.90 Å². The Kier molecular flexibility index (Phi) is 4.20. The van der Waals surface area contributed by atoms with E-state index in [-0.39, 0.29) is 0 Å². The van der Waals surface area contributed by atoms with Crippen molar-refractivity contribution >= 4 is 0 Å². The van der Waals surface area contributed by atoms with Gasteiger partial charge in [-0.15, -0.1) is 0 Å². The van der Waals surface area contributed by atoms with Gasteiger partial charge in [-0.2, -0.15) is 0 Å². The Hall–Kier alpha value is -0.0800. The molecule has 1 fully saturated rings. The second kappa shape index (κ2) is 4.97. The lowest BCUT2D eigenvalue weighted by atomic mass is 9.98. The Morgan fingerprint density at radius 1 is 1.38 bits per heavy atom. The first-order valence-electron chi connectivity index (χ1n) is 5.42. The van der Waals surface area contributed by atoms with Gasteiger partial charge < -0.3 is 4.74 Å². The molecule has 0 amide bonds. The summed E-state index contributed by atoms with van der Waals surface area (Å²) in [6.07, 6.45) is 3.09. The molecule has 13 heavy (non-hydrogen) atoms. The molecule has 2 heteroatoms. The average molecular weight is 185 g/mol. The monoisotopic (exact) mass is 185 g/mol. The van der Waals surface area contributed by atoms with Gasteiger partial charge in [0, 0.05) is 19.7 Å². The predicted octanol–water partition coefficient (Wildman–Crippen LogP) is 2.14. The summed E-state index contributed by atoms with van der Waals surface area (Å²) in [5.74, 6) is 0.861. The van der Waals surface area contributed by atoms with E-state index >= 15 is 0 Å². The topological polar surface area (TPSA) is 12.5 Å². The number of piperidine rings is 1. The van der Waals surface area contributed by atoms with Gasteiger partial charge in [0.05, 0.1) is 6.10 Å². The number of hydrogen-bond acceptors (Lipinski definition) is 2. The second-order valence-electron chi connectivity index (χ2n) is 4.42. The van der Waals surface area contributed by atoms with E-state index in [2.05, 4.69) is 25.7 Å². The lowest BCUT2D eigenvalue weighted by Gasteiger charge is -2.37. The smallest absolute Gasteiger partial charge is 0.0695 e. The van der Waals surface area contributed by atoms with E-state index in [1.807, 2.05) is 0 Å². The summed E-state index contributed by atoms with van der Waals surface area (Å²) in [5, 5.41) is 0. The highest BCUT2D eigenvalue weighted by atomic mass is 16.5. The Balaban J connectivity index is 2.41. The zero-order valence-electron chi connectivity index (χ0n) is 9.42. The number of nitrogens with zero attached hydrogens (tertiary/aromatic N) is 1. The molecular formula is C11H23NO. The molecule has 3 atom stereocenters. The van der Waals surface area contributed by atoms with Crippen LogP contribution in [0.5, 0.6) is 0 Å². The Morgan fingerprint density at radius 2 is 2.08 bits per heavy atom. The predicted molar refractivity (Wildman–Crippen MR) is 55.9 cm³/mol. The first kappa shape index (κ1) is 11.0. The van der Waals surface area contributed by atoms with Crippen molar-refractivity contribution in [2.75, 3.05) is 20.2 Å². The molecular weight excluding hydrogens is 162 g/mol. The SMILES string of the molecule is COC(C)C(C)N1CCCC(C)C1. The molecule has 78 valence electrons. The molecule has 0 spiro atoms. The summed E-state index contributed by atoms with van der Waals surface area (Å²) < 4.78 is 5.36. The Labute approximate surface area is 82.3 Å². The minimum absolute atomic E-state index is 0.352. The van der Waals surface area contributed by atoms with Gasteiger partial charge in [0.2, 0.25) is 0 Å². The third kappa shape index (κ3) is 2.96. The summed E-state index contributed by atoms with van der Waals surface area (Å²) in [5.41, 5.74) is 0. The van der Waals surface area contributed by atoms with Gasteiger partial charge in [0.25, 0.3) is 0 Å². The fourth-order valence-electron chi connectivity index (χ4n) is 2.09. The molecule has 2 nitrogen and oxygen atoms in total. The van der Waals surface area contributed by atoms with E-state index in [9.17, 15) is 0 Å². The summed E-state index contributed by atoms with van der Waals surface area (Å²) in [6, 6.07) is 0.563. The molecule has 1 aliphatic heterocycles. The van der Waals surface area contributed by atoms with Crippen molar-refractivity contribution in [3.8, 4) is 0 Å². The van der Waals surface area contributed by atoms with Crippen LogP contribution in [0.3, 0.4) is 0 Å². The Morgan fingerprint density at radius 3 is 2.62 bits per heavy atom. The van der Waals surface area contributed by atoms with E-state index in [1.54, 1.807) is 7.11 Å². The van der Waals surface area contributed by atoms with Crippen LogP contribution in [0.15, 0.2) is 0 Å². The average Bonchev–Trinajstić information content (AvgIpc) is 2.15. The van der Waals surface area contributed by atoms with Gasteiger partial charge in [-0.1, -0.05) is 6.92 Å². The highest BCUT2D eigenvalue weighted by molar-refractivity contribution is 4.78. The van der Waals surface area contributed by atoms with E-state index in [1.165, 1.54) is 25.9 Å². The third-order valence-corrected chi connectivity index (χ3v) is 3.32. The number of likely N-dealkylation sites (tertiary alicyclic amines) is 1. The molecule has 0 radical (unpaired) electrons. The highest BCUT2D eigenvalue weighted by Crippen LogP contribution is 2.19. The zero-order valence-corrected chi connectivity index (χ0v) is 9.42. The molecule has 0 aromatic rings. The molecule has 3 unspecified atom stereocenters. The molecule has 1 heterocycles. The molecule has 0 N–H and O–H groups in total. The summed E-state index contributed by atoms with van der Waals surface area (Å²) in [7, 11) is 1.80. The van der Waals surface area contributed by atoms with Crippen LogP contribution in [-0.2, 0) is 4.74 Å². The van der Waals surface area contributed by atoms with Crippen molar-refractivity contribution in [1.82, 2.24) is 4.90 Å². The number of methoxy groups -OCH3 is 1. The largest absolute Gasteiger partial charge is 0.380 e. The van der Waals surface area contributed by atoms with Crippen LogP contribution in [0.25, 0.3) is 0 Å². The molecule has 1 aliphatic rings. The van der Waals surface area contributed by atoms with E-state index in [4.69, 9.17) is 4.74 Å². The Bertz CT molecular complexity index is 149. The molecule has 0 aliphatic carbocycles. The van der Waals surface area contributed by atoms with Crippen LogP contribution in [0.1, 0.15) is 33.6 Å².